The summed E-state index contributed by atoms with van der Waals surface area (Å²) in [4.78, 5) is 31.8. The molecule has 0 aliphatic rings. The van der Waals surface area contributed by atoms with E-state index in [1.807, 2.05) is 0 Å². The second-order valence-corrected chi connectivity index (χ2v) is 5.57. The van der Waals surface area contributed by atoms with Gasteiger partial charge in [-0.05, 0) is 24.3 Å². The van der Waals surface area contributed by atoms with Crippen LogP contribution in [0.3, 0.4) is 0 Å². The third-order valence-corrected chi connectivity index (χ3v) is 3.99. The Bertz CT molecular complexity index is 1060. The van der Waals surface area contributed by atoms with Gasteiger partial charge < -0.3 is 19.2 Å². The first-order valence-electron chi connectivity index (χ1n) is 8.09. The van der Waals surface area contributed by atoms with E-state index in [0.29, 0.717) is 28.2 Å². The number of ether oxygens (including phenoxy) is 3. The number of aromatic amines is 1. The fourth-order valence-electron chi connectivity index (χ4n) is 2.67. The lowest BCUT2D eigenvalue weighted by molar-refractivity contribution is 0.104. The van der Waals surface area contributed by atoms with Gasteiger partial charge in [0.2, 0.25) is 0 Å². The van der Waals surface area contributed by atoms with Crippen LogP contribution in [0.2, 0.25) is 0 Å². The second kappa shape index (κ2) is 7.74. The van der Waals surface area contributed by atoms with Crippen molar-refractivity contribution in [1.82, 2.24) is 9.97 Å². The van der Waals surface area contributed by atoms with Gasteiger partial charge in [0.25, 0.3) is 5.56 Å². The maximum atomic E-state index is 12.7. The number of fused-ring (bicyclic) bond motifs is 1. The largest absolute Gasteiger partial charge is 0.496 e. The highest BCUT2D eigenvalue weighted by molar-refractivity contribution is 6.10. The van der Waals surface area contributed by atoms with Crippen LogP contribution in [0.15, 0.2) is 47.3 Å². The summed E-state index contributed by atoms with van der Waals surface area (Å²) in [6.45, 7) is 0. The number of nitrogens with zero attached hydrogens (tertiary/aromatic N) is 1. The molecule has 0 spiro atoms. The molecule has 138 valence electrons. The number of aromatic nitrogens is 2. The fraction of sp³-hybridized carbons (Fsp3) is 0.150. The summed E-state index contributed by atoms with van der Waals surface area (Å²) in [5, 5.41) is 0.486. The predicted molar refractivity (Wildman–Crippen MR) is 102 cm³/mol. The molecular formula is C20H18N2O5. The number of methoxy groups -OCH3 is 3. The quantitative estimate of drug-likeness (QED) is 0.533. The number of benzene rings is 2. The van der Waals surface area contributed by atoms with Gasteiger partial charge in [-0.2, -0.15) is 0 Å². The average Bonchev–Trinajstić information content (AvgIpc) is 2.70. The summed E-state index contributed by atoms with van der Waals surface area (Å²) < 4.78 is 15.8. The third kappa shape index (κ3) is 3.67. The predicted octanol–water partition coefficient (Wildman–Crippen LogP) is 2.85. The molecule has 1 N–H and O–H groups in total. The number of rotatable bonds is 6. The number of allylic oxidation sites excluding steroid dienone is 1. The van der Waals surface area contributed by atoms with Gasteiger partial charge in [0.1, 0.15) is 28.6 Å². The molecule has 0 aliphatic carbocycles. The van der Waals surface area contributed by atoms with Crippen LogP contribution in [0.5, 0.6) is 17.2 Å². The number of hydrogen-bond acceptors (Lipinski definition) is 6. The first kappa shape index (κ1) is 18.2. The molecule has 27 heavy (non-hydrogen) atoms. The number of H-pyrrole nitrogens is 1. The minimum absolute atomic E-state index is 0.250. The first-order valence-corrected chi connectivity index (χ1v) is 8.09. The van der Waals surface area contributed by atoms with Crippen LogP contribution in [0, 0.1) is 0 Å². The van der Waals surface area contributed by atoms with Crippen LogP contribution in [0.4, 0.5) is 0 Å². The fourth-order valence-corrected chi connectivity index (χ4v) is 2.67. The van der Waals surface area contributed by atoms with Crippen molar-refractivity contribution in [2.24, 2.45) is 0 Å². The second-order valence-electron chi connectivity index (χ2n) is 5.57. The molecule has 3 aromatic rings. The monoisotopic (exact) mass is 366 g/mol. The summed E-state index contributed by atoms with van der Waals surface area (Å²) in [5.74, 6) is 1.06. The zero-order chi connectivity index (χ0) is 19.4. The number of para-hydroxylation sites is 1. The smallest absolute Gasteiger partial charge is 0.259 e. The molecule has 7 heteroatoms. The van der Waals surface area contributed by atoms with E-state index in [2.05, 4.69) is 9.97 Å². The van der Waals surface area contributed by atoms with E-state index in [0.717, 1.165) is 0 Å². The van der Waals surface area contributed by atoms with Gasteiger partial charge in [-0.3, -0.25) is 9.59 Å². The summed E-state index contributed by atoms with van der Waals surface area (Å²) in [7, 11) is 4.42. The molecule has 3 rings (SSSR count). The zero-order valence-corrected chi connectivity index (χ0v) is 15.1. The summed E-state index contributed by atoms with van der Waals surface area (Å²) in [5.41, 5.74) is 0.528. The normalized spacial score (nSPS) is 10.9. The molecule has 0 saturated carbocycles. The Morgan fingerprint density at radius 1 is 1.04 bits per heavy atom. The van der Waals surface area contributed by atoms with Crippen LogP contribution < -0.4 is 19.8 Å². The average molecular weight is 366 g/mol. The molecule has 0 bridgehead atoms. The van der Waals surface area contributed by atoms with Crippen LogP contribution >= 0.6 is 0 Å². The highest BCUT2D eigenvalue weighted by Crippen LogP contribution is 2.34. The summed E-state index contributed by atoms with van der Waals surface area (Å²) in [6.07, 6.45) is 2.75. The SMILES string of the molecule is COc1cc(OC)c(C(=O)/C=C/c2nc3ccccc3c(=O)[nH]2)c(OC)c1. The van der Waals surface area contributed by atoms with Gasteiger partial charge >= 0.3 is 0 Å². The Morgan fingerprint density at radius 3 is 2.33 bits per heavy atom. The summed E-state index contributed by atoms with van der Waals surface area (Å²) in [6, 6.07) is 10.2. The van der Waals surface area contributed by atoms with Gasteiger partial charge in [0.05, 0.1) is 32.2 Å². The van der Waals surface area contributed by atoms with Crippen LogP contribution in [0.1, 0.15) is 16.2 Å². The maximum Gasteiger partial charge on any atom is 0.259 e. The Kier molecular flexibility index (Phi) is 5.21. The van der Waals surface area contributed by atoms with E-state index in [1.165, 1.54) is 33.5 Å². The van der Waals surface area contributed by atoms with Gasteiger partial charge in [-0.25, -0.2) is 4.98 Å². The minimum atomic E-state index is -0.359. The highest BCUT2D eigenvalue weighted by Gasteiger charge is 2.18. The molecule has 1 heterocycles. The van der Waals surface area contributed by atoms with Crippen molar-refractivity contribution < 1.29 is 19.0 Å². The van der Waals surface area contributed by atoms with E-state index in [-0.39, 0.29) is 22.7 Å². The molecule has 1 aromatic heterocycles. The molecule has 7 nitrogen and oxygen atoms in total. The number of hydrogen-bond donors (Lipinski definition) is 1. The Balaban J connectivity index is 1.99. The van der Waals surface area contributed by atoms with Crippen LogP contribution in [0.25, 0.3) is 17.0 Å². The van der Waals surface area contributed by atoms with Gasteiger partial charge in [-0.15, -0.1) is 0 Å². The lowest BCUT2D eigenvalue weighted by atomic mass is 10.1. The van der Waals surface area contributed by atoms with E-state index in [4.69, 9.17) is 14.2 Å². The molecule has 0 unspecified atom stereocenters. The molecule has 0 aliphatic heterocycles. The molecule has 0 amide bonds. The van der Waals surface area contributed by atoms with E-state index < -0.39 is 0 Å². The molecule has 2 aromatic carbocycles. The number of ketones is 1. The molecule has 0 atom stereocenters. The zero-order valence-electron chi connectivity index (χ0n) is 15.1. The Labute approximate surface area is 155 Å². The Hall–Kier alpha value is -3.61. The van der Waals surface area contributed by atoms with Crippen molar-refractivity contribution >= 4 is 22.8 Å². The number of carbonyl (C=O) groups excluding carboxylic acids is 1. The lowest BCUT2D eigenvalue weighted by Crippen LogP contribution is -2.09. The van der Waals surface area contributed by atoms with Crippen molar-refractivity contribution in [3.63, 3.8) is 0 Å². The molecule has 0 radical (unpaired) electrons. The highest BCUT2D eigenvalue weighted by atomic mass is 16.5. The van der Waals surface area contributed by atoms with Crippen molar-refractivity contribution in [2.45, 2.75) is 0 Å². The van der Waals surface area contributed by atoms with E-state index >= 15 is 0 Å². The molecular weight excluding hydrogens is 348 g/mol. The topological polar surface area (TPSA) is 90.5 Å². The molecule has 0 saturated heterocycles. The Morgan fingerprint density at radius 2 is 1.70 bits per heavy atom. The van der Waals surface area contributed by atoms with Crippen molar-refractivity contribution in [1.29, 1.82) is 0 Å². The van der Waals surface area contributed by atoms with Crippen molar-refractivity contribution in [2.75, 3.05) is 21.3 Å². The van der Waals surface area contributed by atoms with Gasteiger partial charge in [0.15, 0.2) is 5.78 Å². The molecule has 0 fully saturated rings. The van der Waals surface area contributed by atoms with E-state index in [1.54, 1.807) is 36.4 Å². The van der Waals surface area contributed by atoms with Crippen molar-refractivity contribution in [3.8, 4) is 17.2 Å². The van der Waals surface area contributed by atoms with Crippen molar-refractivity contribution in [3.05, 3.63) is 64.2 Å². The third-order valence-electron chi connectivity index (χ3n) is 3.99. The van der Waals surface area contributed by atoms with Crippen LogP contribution in [-0.2, 0) is 0 Å². The lowest BCUT2D eigenvalue weighted by Gasteiger charge is -2.13. The van der Waals surface area contributed by atoms with Crippen LogP contribution in [-0.4, -0.2) is 37.1 Å². The van der Waals surface area contributed by atoms with Gasteiger partial charge in [-0.1, -0.05) is 12.1 Å². The maximum absolute atomic E-state index is 12.7. The van der Waals surface area contributed by atoms with E-state index in [9.17, 15) is 9.59 Å². The first-order chi connectivity index (χ1) is 13.1. The summed E-state index contributed by atoms with van der Waals surface area (Å²) >= 11 is 0. The standard InChI is InChI=1S/C20H18N2O5/c1-25-12-10-16(26-2)19(17(11-12)27-3)15(23)8-9-18-21-14-7-5-4-6-13(14)20(24)22-18/h4-11H,1-3H3,(H,21,22,24)/b9-8+. The minimum Gasteiger partial charge on any atom is -0.496 e. The number of nitrogens with one attached hydrogen (secondary N) is 1. The van der Waals surface area contributed by atoms with Gasteiger partial charge in [0, 0.05) is 12.1 Å². The number of carbonyl (C=O) groups is 1.